The fourth-order valence-electron chi connectivity index (χ4n) is 5.22. The molecule has 0 saturated carbocycles. The molecule has 1 amide bonds. The quantitative estimate of drug-likeness (QED) is 0.203. The van der Waals surface area contributed by atoms with Crippen LogP contribution in [0, 0.1) is 5.82 Å². The van der Waals surface area contributed by atoms with Gasteiger partial charge in [0, 0.05) is 36.7 Å². The summed E-state index contributed by atoms with van der Waals surface area (Å²) in [6.45, 7) is 0. The van der Waals surface area contributed by atoms with Crippen molar-refractivity contribution in [1.82, 2.24) is 10.3 Å². The van der Waals surface area contributed by atoms with Crippen molar-refractivity contribution in [2.75, 3.05) is 38.9 Å². The number of para-hydroxylation sites is 2. The van der Waals surface area contributed by atoms with Crippen LogP contribution in [0.15, 0.2) is 81.6 Å². The van der Waals surface area contributed by atoms with Crippen LogP contribution in [-0.4, -0.2) is 53.9 Å². The lowest BCUT2D eigenvalue weighted by molar-refractivity contribution is 0.0964. The highest BCUT2D eigenvalue weighted by atomic mass is 32.2. The summed E-state index contributed by atoms with van der Waals surface area (Å²) in [7, 11) is 2.13. The van der Waals surface area contributed by atoms with Gasteiger partial charge in [0.15, 0.2) is 17.1 Å². The van der Waals surface area contributed by atoms with Crippen LogP contribution in [0.1, 0.15) is 10.4 Å². The maximum Gasteiger partial charge on any atom is 0.255 e. The zero-order chi connectivity index (χ0) is 32.0. The number of aromatic nitrogens is 1. The Morgan fingerprint density at radius 3 is 2.29 bits per heavy atom. The Kier molecular flexibility index (Phi) is 7.45. The molecule has 0 spiro atoms. The van der Waals surface area contributed by atoms with Crippen LogP contribution in [0.3, 0.4) is 0 Å². The van der Waals surface area contributed by atoms with E-state index in [2.05, 4.69) is 10.3 Å². The fourth-order valence-corrected chi connectivity index (χ4v) is 5.73. The fraction of sp³-hybridized carbons (Fsp3) is 0.152. The van der Waals surface area contributed by atoms with Gasteiger partial charge in [0.1, 0.15) is 22.7 Å². The number of hydrogen-bond acceptors (Lipinski definition) is 8. The standard InChI is InChI=1S/C33H28FN3O7S/c1-35-32(38)29-22-16-21(25(37(2)45(5,39)40)17-27(22)43-30(29)18-10-12-20(34)13-11-18)19-14-23(31(42-4)28(15-19)41-3)33-36-24-8-6-7-9-26(24)44-33/h6-17H,1-5H3,(H,35,38). The first-order valence-corrected chi connectivity index (χ1v) is 15.5. The predicted octanol–water partition coefficient (Wildman–Crippen LogP) is 6.49. The number of carbonyl (C=O) groups is 1. The molecule has 12 heteroatoms. The van der Waals surface area contributed by atoms with Crippen molar-refractivity contribution in [1.29, 1.82) is 0 Å². The van der Waals surface area contributed by atoms with E-state index in [-0.39, 0.29) is 28.5 Å². The third-order valence-electron chi connectivity index (χ3n) is 7.52. The SMILES string of the molecule is CNC(=O)c1c(-c2ccc(F)cc2)oc2cc(N(C)S(C)(=O)=O)c(-c3cc(OC)c(OC)c(-c4nc5ccccc5o4)c3)cc12. The lowest BCUT2D eigenvalue weighted by Crippen LogP contribution is -2.25. The van der Waals surface area contributed by atoms with Gasteiger partial charge in [0.2, 0.25) is 15.9 Å². The van der Waals surface area contributed by atoms with Gasteiger partial charge in [0.05, 0.1) is 37.3 Å². The van der Waals surface area contributed by atoms with Gasteiger partial charge < -0.3 is 23.6 Å². The van der Waals surface area contributed by atoms with Crippen LogP contribution in [-0.2, 0) is 10.0 Å². The average Bonchev–Trinajstić information content (AvgIpc) is 3.64. The number of ether oxygens (including phenoxy) is 2. The Hall–Kier alpha value is -5.36. The number of sulfonamides is 1. The third-order valence-corrected chi connectivity index (χ3v) is 8.71. The second kappa shape index (κ2) is 11.3. The van der Waals surface area contributed by atoms with Crippen LogP contribution < -0.4 is 19.1 Å². The highest BCUT2D eigenvalue weighted by Gasteiger charge is 2.27. The van der Waals surface area contributed by atoms with Gasteiger partial charge >= 0.3 is 0 Å². The van der Waals surface area contributed by atoms with Crippen molar-refractivity contribution < 1.29 is 35.9 Å². The van der Waals surface area contributed by atoms with Gasteiger partial charge in [-0.3, -0.25) is 9.10 Å². The largest absolute Gasteiger partial charge is 0.493 e. The molecular weight excluding hydrogens is 601 g/mol. The Morgan fingerprint density at radius 2 is 1.64 bits per heavy atom. The van der Waals surface area contributed by atoms with E-state index in [1.54, 1.807) is 30.3 Å². The number of furan rings is 1. The molecule has 4 aromatic carbocycles. The number of oxazole rings is 1. The summed E-state index contributed by atoms with van der Waals surface area (Å²) in [4.78, 5) is 17.9. The molecule has 1 N–H and O–H groups in total. The lowest BCUT2D eigenvalue weighted by atomic mass is 9.96. The zero-order valence-corrected chi connectivity index (χ0v) is 25.8. The van der Waals surface area contributed by atoms with Crippen LogP contribution in [0.2, 0.25) is 0 Å². The van der Waals surface area contributed by atoms with Gasteiger partial charge in [-0.2, -0.15) is 0 Å². The molecule has 230 valence electrons. The summed E-state index contributed by atoms with van der Waals surface area (Å²) in [6, 6.07) is 19.5. The van der Waals surface area contributed by atoms with E-state index in [0.29, 0.717) is 50.2 Å². The van der Waals surface area contributed by atoms with Crippen LogP contribution in [0.5, 0.6) is 11.5 Å². The van der Waals surface area contributed by atoms with Crippen LogP contribution in [0.4, 0.5) is 10.1 Å². The number of benzene rings is 4. The molecule has 2 aromatic heterocycles. The minimum atomic E-state index is -3.76. The Balaban J connectivity index is 1.68. The molecular formula is C33H28FN3O7S. The van der Waals surface area contributed by atoms with Crippen molar-refractivity contribution in [3.63, 3.8) is 0 Å². The first kappa shape index (κ1) is 29.7. The number of carbonyl (C=O) groups excluding carboxylic acids is 1. The number of hydrogen-bond donors (Lipinski definition) is 1. The van der Waals surface area contributed by atoms with E-state index in [4.69, 9.17) is 18.3 Å². The van der Waals surface area contributed by atoms with Crippen molar-refractivity contribution in [3.05, 3.63) is 84.2 Å². The highest BCUT2D eigenvalue weighted by molar-refractivity contribution is 7.92. The number of anilines is 1. The number of nitrogens with zero attached hydrogens (tertiary/aromatic N) is 2. The molecule has 0 saturated heterocycles. The normalized spacial score (nSPS) is 11.6. The number of methoxy groups -OCH3 is 2. The number of nitrogens with one attached hydrogen (secondary N) is 1. The molecule has 0 fully saturated rings. The molecule has 0 aliphatic heterocycles. The lowest BCUT2D eigenvalue weighted by Gasteiger charge is -2.22. The minimum absolute atomic E-state index is 0.202. The second-order valence-electron chi connectivity index (χ2n) is 10.2. The second-order valence-corrected chi connectivity index (χ2v) is 12.2. The monoisotopic (exact) mass is 629 g/mol. The first-order chi connectivity index (χ1) is 21.5. The molecule has 0 aliphatic rings. The molecule has 10 nitrogen and oxygen atoms in total. The summed E-state index contributed by atoms with van der Waals surface area (Å²) in [5.74, 6) is 0.279. The van der Waals surface area contributed by atoms with E-state index in [1.165, 1.54) is 52.6 Å². The average molecular weight is 630 g/mol. The molecule has 45 heavy (non-hydrogen) atoms. The summed E-state index contributed by atoms with van der Waals surface area (Å²) < 4.78 is 64.3. The van der Waals surface area contributed by atoms with Gasteiger partial charge in [-0.05, 0) is 60.2 Å². The maximum absolute atomic E-state index is 13.8. The first-order valence-electron chi connectivity index (χ1n) is 13.7. The third kappa shape index (κ3) is 5.22. The van der Waals surface area contributed by atoms with Crippen molar-refractivity contribution in [2.24, 2.45) is 0 Å². The molecule has 0 atom stereocenters. The van der Waals surface area contributed by atoms with E-state index in [0.717, 1.165) is 10.6 Å². The molecule has 0 unspecified atom stereocenters. The zero-order valence-electron chi connectivity index (χ0n) is 25.0. The maximum atomic E-state index is 13.8. The molecule has 0 aliphatic carbocycles. The Labute approximate surface area is 258 Å². The van der Waals surface area contributed by atoms with Crippen molar-refractivity contribution in [3.8, 4) is 45.4 Å². The summed E-state index contributed by atoms with van der Waals surface area (Å²) in [6.07, 6.45) is 1.08. The number of amides is 1. The van der Waals surface area contributed by atoms with Gasteiger partial charge in [-0.25, -0.2) is 17.8 Å². The molecule has 6 rings (SSSR count). The predicted molar refractivity (Wildman–Crippen MR) is 170 cm³/mol. The topological polar surface area (TPSA) is 124 Å². The highest BCUT2D eigenvalue weighted by Crippen LogP contribution is 2.46. The molecule has 0 radical (unpaired) electrons. The molecule has 6 aromatic rings. The smallest absolute Gasteiger partial charge is 0.255 e. The van der Waals surface area contributed by atoms with E-state index in [9.17, 15) is 17.6 Å². The number of rotatable bonds is 8. The van der Waals surface area contributed by atoms with E-state index < -0.39 is 21.7 Å². The van der Waals surface area contributed by atoms with E-state index >= 15 is 0 Å². The van der Waals surface area contributed by atoms with Crippen LogP contribution >= 0.6 is 0 Å². The minimum Gasteiger partial charge on any atom is -0.493 e. The van der Waals surface area contributed by atoms with Gasteiger partial charge in [0.25, 0.3) is 5.91 Å². The van der Waals surface area contributed by atoms with Crippen LogP contribution in [0.25, 0.3) is 56.0 Å². The number of halogens is 1. The van der Waals surface area contributed by atoms with Crippen molar-refractivity contribution >= 4 is 43.7 Å². The summed E-state index contributed by atoms with van der Waals surface area (Å²) in [5, 5.41) is 3.05. The van der Waals surface area contributed by atoms with Gasteiger partial charge in [-0.15, -0.1) is 0 Å². The Bertz CT molecular complexity index is 2170. The Morgan fingerprint density at radius 1 is 0.911 bits per heavy atom. The summed E-state index contributed by atoms with van der Waals surface area (Å²) >= 11 is 0. The van der Waals surface area contributed by atoms with Crippen molar-refractivity contribution in [2.45, 2.75) is 0 Å². The molecule has 2 heterocycles. The summed E-state index contributed by atoms with van der Waals surface area (Å²) in [5.41, 5.74) is 3.81. The van der Waals surface area contributed by atoms with Gasteiger partial charge in [-0.1, -0.05) is 12.1 Å². The number of fused-ring (bicyclic) bond motifs is 2. The van der Waals surface area contributed by atoms with E-state index in [1.807, 2.05) is 18.2 Å². The molecule has 0 bridgehead atoms.